The molecule has 5 nitrogen and oxygen atoms in total. The third-order valence-corrected chi connectivity index (χ3v) is 5.51. The Morgan fingerprint density at radius 3 is 3.08 bits per heavy atom. The molecule has 5 heteroatoms. The smallest absolute Gasteiger partial charge is 0.137 e. The number of ether oxygens (including phenoxy) is 1. The number of aromatic nitrogens is 2. The molecule has 1 saturated heterocycles. The predicted molar refractivity (Wildman–Crippen MR) is 99.5 cm³/mol. The SMILES string of the molecule is Cn1ccnc1[C@@H]1OCCC[C@H]1CNC1CCCNc2ccccc21. The molecule has 2 N–H and O–H groups in total. The van der Waals surface area contributed by atoms with E-state index in [1.54, 1.807) is 0 Å². The fourth-order valence-corrected chi connectivity index (χ4v) is 4.14. The molecule has 2 aliphatic rings. The van der Waals surface area contributed by atoms with Gasteiger partial charge in [0.05, 0.1) is 0 Å². The minimum absolute atomic E-state index is 0.0976. The number of nitrogens with zero attached hydrogens (tertiary/aromatic N) is 2. The molecule has 0 saturated carbocycles. The summed E-state index contributed by atoms with van der Waals surface area (Å²) in [5.74, 6) is 1.52. The second-order valence-electron chi connectivity index (χ2n) is 7.21. The molecule has 2 aliphatic heterocycles. The van der Waals surface area contributed by atoms with Crippen LogP contribution in [-0.4, -0.2) is 29.2 Å². The molecule has 0 bridgehead atoms. The van der Waals surface area contributed by atoms with Gasteiger partial charge in [-0.3, -0.25) is 0 Å². The summed E-state index contributed by atoms with van der Waals surface area (Å²) in [6.45, 7) is 2.86. The van der Waals surface area contributed by atoms with Gasteiger partial charge < -0.3 is 19.9 Å². The van der Waals surface area contributed by atoms with Gasteiger partial charge in [-0.15, -0.1) is 0 Å². The number of benzene rings is 1. The van der Waals surface area contributed by atoms with Crippen molar-refractivity contribution in [3.63, 3.8) is 0 Å². The summed E-state index contributed by atoms with van der Waals surface area (Å²) >= 11 is 0. The molecular weight excluding hydrogens is 312 g/mol. The van der Waals surface area contributed by atoms with Crippen molar-refractivity contribution in [3.8, 4) is 0 Å². The van der Waals surface area contributed by atoms with Crippen LogP contribution in [0.25, 0.3) is 0 Å². The van der Waals surface area contributed by atoms with Crippen LogP contribution in [0.4, 0.5) is 5.69 Å². The van der Waals surface area contributed by atoms with Crippen LogP contribution >= 0.6 is 0 Å². The standard InChI is InChI=1S/C20H28N4O/c1-24-12-11-22-20(24)19-15(6-5-13-25-19)14-23-18-9-4-10-21-17-8-3-2-7-16(17)18/h2-3,7-8,11-12,15,18-19,21,23H,4-6,9-10,13-14H2,1H3/t15-,18?,19+/m0/s1. The van der Waals surface area contributed by atoms with Crippen LogP contribution in [0, 0.1) is 5.92 Å². The number of hydrogen-bond acceptors (Lipinski definition) is 4. The van der Waals surface area contributed by atoms with Gasteiger partial charge in [0.2, 0.25) is 0 Å². The molecule has 25 heavy (non-hydrogen) atoms. The highest BCUT2D eigenvalue weighted by Gasteiger charge is 2.31. The summed E-state index contributed by atoms with van der Waals surface area (Å²) in [4.78, 5) is 4.54. The molecule has 3 heterocycles. The maximum absolute atomic E-state index is 6.11. The van der Waals surface area contributed by atoms with E-state index in [1.807, 2.05) is 12.4 Å². The summed E-state index contributed by atoms with van der Waals surface area (Å²) in [5.41, 5.74) is 2.67. The molecule has 1 unspecified atom stereocenters. The minimum Gasteiger partial charge on any atom is -0.385 e. The second-order valence-corrected chi connectivity index (χ2v) is 7.21. The van der Waals surface area contributed by atoms with Crippen molar-refractivity contribution in [1.82, 2.24) is 14.9 Å². The normalized spacial score (nSPS) is 26.5. The summed E-state index contributed by atoms with van der Waals surface area (Å²) in [5, 5.41) is 7.40. The van der Waals surface area contributed by atoms with Crippen molar-refractivity contribution < 1.29 is 4.74 Å². The Morgan fingerprint density at radius 2 is 2.20 bits per heavy atom. The van der Waals surface area contributed by atoms with Gasteiger partial charge in [0.15, 0.2) is 0 Å². The van der Waals surface area contributed by atoms with Gasteiger partial charge in [-0.25, -0.2) is 4.98 Å². The van der Waals surface area contributed by atoms with E-state index in [4.69, 9.17) is 4.74 Å². The van der Waals surface area contributed by atoms with Crippen LogP contribution in [0.3, 0.4) is 0 Å². The van der Waals surface area contributed by atoms with Crippen molar-refractivity contribution in [2.24, 2.45) is 13.0 Å². The van der Waals surface area contributed by atoms with Crippen LogP contribution in [0.1, 0.15) is 49.2 Å². The molecule has 0 spiro atoms. The number of rotatable bonds is 4. The lowest BCUT2D eigenvalue weighted by molar-refractivity contribution is -0.0350. The van der Waals surface area contributed by atoms with Crippen molar-refractivity contribution >= 4 is 5.69 Å². The van der Waals surface area contributed by atoms with Crippen LogP contribution in [0.5, 0.6) is 0 Å². The second kappa shape index (κ2) is 7.58. The summed E-state index contributed by atoms with van der Waals surface area (Å²) in [7, 11) is 2.05. The van der Waals surface area contributed by atoms with E-state index in [-0.39, 0.29) is 6.10 Å². The average Bonchev–Trinajstić information content (AvgIpc) is 2.96. The fourth-order valence-electron chi connectivity index (χ4n) is 4.14. The zero-order valence-corrected chi connectivity index (χ0v) is 14.9. The van der Waals surface area contributed by atoms with Gasteiger partial charge in [0.1, 0.15) is 11.9 Å². The Balaban J connectivity index is 1.47. The monoisotopic (exact) mass is 340 g/mol. The molecule has 2 aromatic rings. The number of para-hydroxylation sites is 1. The van der Waals surface area contributed by atoms with Crippen LogP contribution in [-0.2, 0) is 11.8 Å². The third kappa shape index (κ3) is 3.58. The largest absolute Gasteiger partial charge is 0.385 e. The number of aryl methyl sites for hydroxylation is 1. The molecule has 4 rings (SSSR count). The molecule has 134 valence electrons. The first-order chi connectivity index (χ1) is 12.3. The number of imidazole rings is 1. The first-order valence-electron chi connectivity index (χ1n) is 9.48. The zero-order chi connectivity index (χ0) is 17.1. The van der Waals surface area contributed by atoms with Crippen LogP contribution in [0.2, 0.25) is 0 Å². The Bertz CT molecular complexity index is 699. The highest BCUT2D eigenvalue weighted by Crippen LogP contribution is 2.34. The molecule has 0 aliphatic carbocycles. The Kier molecular flexibility index (Phi) is 5.04. The maximum atomic E-state index is 6.11. The van der Waals surface area contributed by atoms with Crippen molar-refractivity contribution in [2.45, 2.75) is 37.8 Å². The fraction of sp³-hybridized carbons (Fsp3) is 0.550. The minimum atomic E-state index is 0.0976. The lowest BCUT2D eigenvalue weighted by Crippen LogP contribution is -2.35. The van der Waals surface area contributed by atoms with Crippen molar-refractivity contribution in [1.29, 1.82) is 0 Å². The van der Waals surface area contributed by atoms with E-state index in [9.17, 15) is 0 Å². The molecule has 0 amide bonds. The average molecular weight is 340 g/mol. The Labute approximate surface area is 149 Å². The van der Waals surface area contributed by atoms with E-state index < -0.39 is 0 Å². The van der Waals surface area contributed by atoms with Gasteiger partial charge in [-0.1, -0.05) is 18.2 Å². The highest BCUT2D eigenvalue weighted by molar-refractivity contribution is 5.53. The molecule has 3 atom stereocenters. The topological polar surface area (TPSA) is 51.1 Å². The van der Waals surface area contributed by atoms with Gasteiger partial charge in [-0.2, -0.15) is 0 Å². The maximum Gasteiger partial charge on any atom is 0.137 e. The molecule has 1 fully saturated rings. The third-order valence-electron chi connectivity index (χ3n) is 5.51. The Morgan fingerprint density at radius 1 is 1.28 bits per heavy atom. The van der Waals surface area contributed by atoms with E-state index in [1.165, 1.54) is 30.5 Å². The molecular formula is C20H28N4O. The first-order valence-corrected chi connectivity index (χ1v) is 9.48. The van der Waals surface area contributed by atoms with Gasteiger partial charge in [0, 0.05) is 56.8 Å². The van der Waals surface area contributed by atoms with E-state index in [0.717, 1.165) is 31.9 Å². The predicted octanol–water partition coefficient (Wildman–Crippen LogP) is 3.42. The number of hydrogen-bond donors (Lipinski definition) is 2. The lowest BCUT2D eigenvalue weighted by Gasteiger charge is -2.33. The van der Waals surface area contributed by atoms with Gasteiger partial charge >= 0.3 is 0 Å². The quantitative estimate of drug-likeness (QED) is 0.895. The summed E-state index contributed by atoms with van der Waals surface area (Å²) < 4.78 is 8.21. The van der Waals surface area contributed by atoms with Crippen LogP contribution < -0.4 is 10.6 Å². The number of fused-ring (bicyclic) bond motifs is 1. The van der Waals surface area contributed by atoms with E-state index >= 15 is 0 Å². The van der Waals surface area contributed by atoms with Gasteiger partial charge in [0.25, 0.3) is 0 Å². The first kappa shape index (κ1) is 16.6. The number of nitrogens with one attached hydrogen (secondary N) is 2. The van der Waals surface area contributed by atoms with Gasteiger partial charge in [-0.05, 0) is 37.3 Å². The van der Waals surface area contributed by atoms with E-state index in [0.29, 0.717) is 12.0 Å². The lowest BCUT2D eigenvalue weighted by atomic mass is 9.92. The molecule has 0 radical (unpaired) electrons. The number of anilines is 1. The van der Waals surface area contributed by atoms with Crippen LogP contribution in [0.15, 0.2) is 36.7 Å². The summed E-state index contributed by atoms with van der Waals surface area (Å²) in [6.07, 6.45) is 8.66. The highest BCUT2D eigenvalue weighted by atomic mass is 16.5. The molecule has 1 aromatic carbocycles. The van der Waals surface area contributed by atoms with E-state index in [2.05, 4.69) is 51.5 Å². The Hall–Kier alpha value is -1.85. The van der Waals surface area contributed by atoms with Crippen molar-refractivity contribution in [3.05, 3.63) is 48.0 Å². The summed E-state index contributed by atoms with van der Waals surface area (Å²) in [6, 6.07) is 9.10. The van der Waals surface area contributed by atoms with Crippen molar-refractivity contribution in [2.75, 3.05) is 25.0 Å². The zero-order valence-electron chi connectivity index (χ0n) is 14.9. The molecule has 1 aromatic heterocycles.